The number of aryl methyl sites for hydroxylation is 1. The molecule has 1 aromatic carbocycles. The number of hydrogen-bond donors (Lipinski definition) is 1. The first-order valence-corrected chi connectivity index (χ1v) is 7.20. The minimum absolute atomic E-state index is 0.296. The number of nitrogens with one attached hydrogen (secondary N) is 1. The summed E-state index contributed by atoms with van der Waals surface area (Å²) < 4.78 is 36.6. The quantitative estimate of drug-likeness (QED) is 0.865. The van der Waals surface area contributed by atoms with Crippen LogP contribution in [-0.4, -0.2) is 35.4 Å². The van der Waals surface area contributed by atoms with Crippen LogP contribution >= 0.6 is 0 Å². The molecule has 0 aliphatic carbocycles. The largest absolute Gasteiger partial charge is 0.454 e. The summed E-state index contributed by atoms with van der Waals surface area (Å²) in [5, 5.41) is 2.74. The van der Waals surface area contributed by atoms with E-state index in [1.165, 1.54) is 4.90 Å². The van der Waals surface area contributed by atoms with Gasteiger partial charge in [0.2, 0.25) is 5.91 Å². The van der Waals surface area contributed by atoms with E-state index in [0.717, 1.165) is 11.8 Å². The van der Waals surface area contributed by atoms with Crippen molar-refractivity contribution in [1.82, 2.24) is 4.90 Å². The molecule has 23 heavy (non-hydrogen) atoms. The van der Waals surface area contributed by atoms with Crippen molar-refractivity contribution >= 4 is 17.4 Å². The van der Waals surface area contributed by atoms with E-state index in [9.17, 15) is 22.8 Å². The van der Waals surface area contributed by atoms with Crippen LogP contribution in [0.25, 0.3) is 0 Å². The van der Waals surface area contributed by atoms with Gasteiger partial charge in [0.05, 0.1) is 0 Å². The topological polar surface area (TPSA) is 49.4 Å². The fraction of sp³-hybridized carbons (Fsp3) is 0.375. The van der Waals surface area contributed by atoms with Crippen LogP contribution in [0.15, 0.2) is 36.5 Å². The number of alkyl halides is 3. The molecule has 0 spiro atoms. The zero-order chi connectivity index (χ0) is 17.0. The Hall–Kier alpha value is -2.31. The molecule has 7 heteroatoms. The van der Waals surface area contributed by atoms with Crippen molar-refractivity contribution in [3.63, 3.8) is 0 Å². The normalized spacial score (nSPS) is 18.4. The summed E-state index contributed by atoms with van der Waals surface area (Å²) in [6, 6.07) is 6.65. The molecule has 1 aliphatic heterocycles. The first-order valence-electron chi connectivity index (χ1n) is 7.20. The molecule has 1 atom stereocenters. The van der Waals surface area contributed by atoms with E-state index in [4.69, 9.17) is 0 Å². The van der Waals surface area contributed by atoms with Crippen molar-refractivity contribution < 1.29 is 22.8 Å². The standard InChI is InChI=1S/C16H17F3N2O2/c1-11-4-6-12(7-5-11)20-15(23)13-3-2-9-21(13)10-8-14(22)16(17,18)19/h4-8,10,13H,2-3,9H2,1H3,(H,20,23). The molecule has 1 aromatic rings. The van der Waals surface area contributed by atoms with E-state index in [1.807, 2.05) is 19.1 Å². The maximum absolute atomic E-state index is 12.3. The minimum atomic E-state index is -4.89. The van der Waals surface area contributed by atoms with E-state index in [0.29, 0.717) is 31.1 Å². The lowest BCUT2D eigenvalue weighted by Crippen LogP contribution is -2.36. The zero-order valence-electron chi connectivity index (χ0n) is 12.6. The molecule has 1 fully saturated rings. The molecule has 124 valence electrons. The molecule has 0 radical (unpaired) electrons. The van der Waals surface area contributed by atoms with Crippen LogP contribution in [0.4, 0.5) is 18.9 Å². The third-order valence-electron chi connectivity index (χ3n) is 3.61. The predicted octanol–water partition coefficient (Wildman–Crippen LogP) is 3.04. The summed E-state index contributed by atoms with van der Waals surface area (Å²) in [5.41, 5.74) is 1.68. The molecule has 0 aromatic heterocycles. The van der Waals surface area contributed by atoms with E-state index in [1.54, 1.807) is 12.1 Å². The predicted molar refractivity (Wildman–Crippen MR) is 79.7 cm³/mol. The number of hydrogen-bond acceptors (Lipinski definition) is 3. The number of nitrogens with zero attached hydrogens (tertiary/aromatic N) is 1. The summed E-state index contributed by atoms with van der Waals surface area (Å²) >= 11 is 0. The highest BCUT2D eigenvalue weighted by molar-refractivity contribution is 5.96. The number of rotatable bonds is 4. The average molecular weight is 326 g/mol. The Bertz CT molecular complexity index is 609. The molecule has 0 bridgehead atoms. The smallest absolute Gasteiger partial charge is 0.365 e. The molecular weight excluding hydrogens is 309 g/mol. The monoisotopic (exact) mass is 326 g/mol. The number of ketones is 1. The molecule has 1 N–H and O–H groups in total. The number of likely N-dealkylation sites (tertiary alicyclic amines) is 1. The van der Waals surface area contributed by atoms with Gasteiger partial charge < -0.3 is 10.2 Å². The van der Waals surface area contributed by atoms with Gasteiger partial charge in [-0.1, -0.05) is 17.7 Å². The van der Waals surface area contributed by atoms with Crippen LogP contribution in [0.1, 0.15) is 18.4 Å². The Labute approximate surface area is 132 Å². The lowest BCUT2D eigenvalue weighted by molar-refractivity contribution is -0.165. The summed E-state index contributed by atoms with van der Waals surface area (Å²) in [7, 11) is 0. The summed E-state index contributed by atoms with van der Waals surface area (Å²) in [4.78, 5) is 24.6. The number of halogens is 3. The van der Waals surface area contributed by atoms with Crippen molar-refractivity contribution in [2.24, 2.45) is 0 Å². The van der Waals surface area contributed by atoms with E-state index >= 15 is 0 Å². The number of carbonyl (C=O) groups is 2. The molecule has 1 amide bonds. The van der Waals surface area contributed by atoms with Gasteiger partial charge in [-0.05, 0) is 31.9 Å². The third kappa shape index (κ3) is 4.58. The van der Waals surface area contributed by atoms with Crippen LogP contribution in [-0.2, 0) is 9.59 Å². The summed E-state index contributed by atoms with van der Waals surface area (Å²) in [6.07, 6.45) is -2.16. The first kappa shape index (κ1) is 17.1. The van der Waals surface area contributed by atoms with Gasteiger partial charge in [-0.15, -0.1) is 0 Å². The molecule has 1 heterocycles. The second kappa shape index (κ2) is 6.85. The molecule has 1 unspecified atom stereocenters. The maximum atomic E-state index is 12.3. The number of anilines is 1. The minimum Gasteiger partial charge on any atom is -0.365 e. The lowest BCUT2D eigenvalue weighted by atomic mass is 10.2. The number of carbonyl (C=O) groups excluding carboxylic acids is 2. The van der Waals surface area contributed by atoms with Crippen LogP contribution in [0.3, 0.4) is 0 Å². The van der Waals surface area contributed by atoms with Crippen molar-refractivity contribution in [1.29, 1.82) is 0 Å². The fourth-order valence-corrected chi connectivity index (χ4v) is 2.37. The van der Waals surface area contributed by atoms with Gasteiger partial charge in [-0.25, -0.2) is 0 Å². The number of benzene rings is 1. The Morgan fingerprint density at radius 1 is 1.26 bits per heavy atom. The molecular formula is C16H17F3N2O2. The van der Waals surface area contributed by atoms with E-state index in [-0.39, 0.29) is 5.91 Å². The van der Waals surface area contributed by atoms with Crippen LogP contribution in [0, 0.1) is 6.92 Å². The molecule has 4 nitrogen and oxygen atoms in total. The SMILES string of the molecule is Cc1ccc(NC(=O)C2CCCN2C=CC(=O)C(F)(F)F)cc1. The Balaban J connectivity index is 2.00. The van der Waals surface area contributed by atoms with Crippen molar-refractivity contribution in [3.8, 4) is 0 Å². The van der Waals surface area contributed by atoms with Gasteiger partial charge in [0, 0.05) is 24.5 Å². The van der Waals surface area contributed by atoms with Crippen molar-refractivity contribution in [2.45, 2.75) is 32.0 Å². The fourth-order valence-electron chi connectivity index (χ4n) is 2.37. The van der Waals surface area contributed by atoms with Crippen LogP contribution < -0.4 is 5.32 Å². The molecule has 0 saturated carbocycles. The van der Waals surface area contributed by atoms with Crippen molar-refractivity contribution in [3.05, 3.63) is 42.1 Å². The lowest BCUT2D eigenvalue weighted by Gasteiger charge is -2.22. The highest BCUT2D eigenvalue weighted by atomic mass is 19.4. The molecule has 1 aliphatic rings. The second-order valence-electron chi connectivity index (χ2n) is 5.43. The summed E-state index contributed by atoms with van der Waals surface area (Å²) in [5.74, 6) is -2.22. The van der Waals surface area contributed by atoms with Gasteiger partial charge in [-0.3, -0.25) is 9.59 Å². The third-order valence-corrected chi connectivity index (χ3v) is 3.61. The first-order chi connectivity index (χ1) is 10.8. The second-order valence-corrected chi connectivity index (χ2v) is 5.43. The number of allylic oxidation sites excluding steroid dienone is 1. The van der Waals surface area contributed by atoms with Gasteiger partial charge in [0.15, 0.2) is 0 Å². The highest BCUT2D eigenvalue weighted by Gasteiger charge is 2.37. The summed E-state index contributed by atoms with van der Waals surface area (Å²) in [6.45, 7) is 2.36. The Morgan fingerprint density at radius 3 is 2.52 bits per heavy atom. The van der Waals surface area contributed by atoms with Crippen LogP contribution in [0.2, 0.25) is 0 Å². The average Bonchev–Trinajstić information content (AvgIpc) is 2.94. The molecule has 1 saturated heterocycles. The maximum Gasteiger partial charge on any atom is 0.454 e. The number of amides is 1. The molecule has 2 rings (SSSR count). The van der Waals surface area contributed by atoms with Gasteiger partial charge in [-0.2, -0.15) is 13.2 Å². The van der Waals surface area contributed by atoms with Gasteiger partial charge in [0.1, 0.15) is 6.04 Å². The Kier molecular flexibility index (Phi) is 5.08. The van der Waals surface area contributed by atoms with Crippen molar-refractivity contribution in [2.75, 3.05) is 11.9 Å². The van der Waals surface area contributed by atoms with E-state index < -0.39 is 18.0 Å². The van der Waals surface area contributed by atoms with E-state index in [2.05, 4.69) is 5.32 Å². The zero-order valence-corrected chi connectivity index (χ0v) is 12.6. The highest BCUT2D eigenvalue weighted by Crippen LogP contribution is 2.21. The Morgan fingerprint density at radius 2 is 1.91 bits per heavy atom. The van der Waals surface area contributed by atoms with Gasteiger partial charge in [0.25, 0.3) is 5.78 Å². The van der Waals surface area contributed by atoms with Gasteiger partial charge >= 0.3 is 6.18 Å². The van der Waals surface area contributed by atoms with Crippen LogP contribution in [0.5, 0.6) is 0 Å².